The zero-order chi connectivity index (χ0) is 8.27. The molecule has 64 valence electrons. The van der Waals surface area contributed by atoms with E-state index in [1.807, 2.05) is 0 Å². The molecule has 0 aromatic carbocycles. The quantitative estimate of drug-likeness (QED) is 0.496. The van der Waals surface area contributed by atoms with E-state index in [0.29, 0.717) is 13.1 Å². The van der Waals surface area contributed by atoms with Crippen molar-refractivity contribution in [2.24, 2.45) is 0 Å². The maximum Gasteiger partial charge on any atom is 0.405 e. The van der Waals surface area contributed by atoms with Gasteiger partial charge in [0, 0.05) is 20.2 Å². The first-order valence-electron chi connectivity index (χ1n) is 3.47. The fourth-order valence-electron chi connectivity index (χ4n) is 1.20. The lowest BCUT2D eigenvalue weighted by atomic mass is 10.2. The first-order valence-corrected chi connectivity index (χ1v) is 3.47. The van der Waals surface area contributed by atoms with Crippen LogP contribution in [0.25, 0.3) is 0 Å². The van der Waals surface area contributed by atoms with Crippen LogP contribution in [0.15, 0.2) is 0 Å². The van der Waals surface area contributed by atoms with Crippen LogP contribution in [-0.2, 0) is 4.74 Å². The highest BCUT2D eigenvalue weighted by Crippen LogP contribution is 2.02. The lowest BCUT2D eigenvalue weighted by Gasteiger charge is -2.15. The number of hydrogen-bond acceptors (Lipinski definition) is 3. The first kappa shape index (κ1) is 8.29. The van der Waals surface area contributed by atoms with Crippen LogP contribution in [0.1, 0.15) is 0 Å². The van der Waals surface area contributed by atoms with Gasteiger partial charge in [0.15, 0.2) is 0 Å². The minimum atomic E-state index is -0.999. The SMILES string of the molecule is CO[C@@H]1CNC[C@@H]1NC(=O)O. The molecular formula is C6H12N2O3. The molecular weight excluding hydrogens is 148 g/mol. The summed E-state index contributed by atoms with van der Waals surface area (Å²) in [4.78, 5) is 10.2. The number of hydrogen-bond donors (Lipinski definition) is 3. The van der Waals surface area contributed by atoms with Crippen LogP contribution >= 0.6 is 0 Å². The van der Waals surface area contributed by atoms with Crippen molar-refractivity contribution >= 4 is 6.09 Å². The average molecular weight is 160 g/mol. The molecule has 1 amide bonds. The standard InChI is InChI=1S/C6H12N2O3/c1-11-5-3-7-2-4(5)8-6(9)10/h4-5,7-8H,2-3H2,1H3,(H,9,10)/t4-,5+/m0/s1. The Morgan fingerprint density at radius 3 is 3.00 bits per heavy atom. The van der Waals surface area contributed by atoms with Crippen molar-refractivity contribution in [3.8, 4) is 0 Å². The van der Waals surface area contributed by atoms with Gasteiger partial charge in [-0.05, 0) is 0 Å². The summed E-state index contributed by atoms with van der Waals surface area (Å²) in [7, 11) is 1.58. The summed E-state index contributed by atoms with van der Waals surface area (Å²) in [6.45, 7) is 1.35. The highest BCUT2D eigenvalue weighted by Gasteiger charge is 2.27. The lowest BCUT2D eigenvalue weighted by molar-refractivity contribution is 0.0942. The highest BCUT2D eigenvalue weighted by atomic mass is 16.5. The summed E-state index contributed by atoms with van der Waals surface area (Å²) in [5.41, 5.74) is 0. The van der Waals surface area contributed by atoms with E-state index in [1.165, 1.54) is 0 Å². The van der Waals surface area contributed by atoms with Crippen molar-refractivity contribution in [3.63, 3.8) is 0 Å². The smallest absolute Gasteiger partial charge is 0.405 e. The lowest BCUT2D eigenvalue weighted by Crippen LogP contribution is -2.42. The summed E-state index contributed by atoms with van der Waals surface area (Å²) < 4.78 is 5.04. The molecule has 5 heteroatoms. The Labute approximate surface area is 64.7 Å². The van der Waals surface area contributed by atoms with Crippen molar-refractivity contribution < 1.29 is 14.6 Å². The molecule has 0 aromatic heterocycles. The minimum absolute atomic E-state index is 0.0360. The number of amides is 1. The second kappa shape index (κ2) is 3.54. The minimum Gasteiger partial charge on any atom is -0.465 e. The Kier molecular flexibility index (Phi) is 2.67. The number of nitrogens with one attached hydrogen (secondary N) is 2. The summed E-state index contributed by atoms with van der Waals surface area (Å²) >= 11 is 0. The van der Waals surface area contributed by atoms with E-state index in [2.05, 4.69) is 10.6 Å². The maximum absolute atomic E-state index is 10.2. The van der Waals surface area contributed by atoms with Gasteiger partial charge in [0.05, 0.1) is 12.1 Å². The van der Waals surface area contributed by atoms with E-state index >= 15 is 0 Å². The number of methoxy groups -OCH3 is 1. The second-order valence-corrected chi connectivity index (χ2v) is 2.49. The molecule has 1 heterocycles. The van der Waals surface area contributed by atoms with E-state index in [1.54, 1.807) is 7.11 Å². The van der Waals surface area contributed by atoms with Gasteiger partial charge in [-0.15, -0.1) is 0 Å². The monoisotopic (exact) mass is 160 g/mol. The predicted octanol–water partition coefficient (Wildman–Crippen LogP) is -0.759. The molecule has 0 spiro atoms. The number of rotatable bonds is 2. The Bertz CT molecular complexity index is 151. The van der Waals surface area contributed by atoms with E-state index < -0.39 is 6.09 Å². The maximum atomic E-state index is 10.2. The van der Waals surface area contributed by atoms with Gasteiger partial charge in [-0.1, -0.05) is 0 Å². The van der Waals surface area contributed by atoms with Gasteiger partial charge in [0.2, 0.25) is 0 Å². The van der Waals surface area contributed by atoms with E-state index in [4.69, 9.17) is 9.84 Å². The third kappa shape index (κ3) is 2.06. The third-order valence-corrected chi connectivity index (χ3v) is 1.77. The largest absolute Gasteiger partial charge is 0.465 e. The summed E-state index contributed by atoms with van der Waals surface area (Å²) in [5.74, 6) is 0. The van der Waals surface area contributed by atoms with Gasteiger partial charge in [0.1, 0.15) is 0 Å². The average Bonchev–Trinajstić information content (AvgIpc) is 2.34. The van der Waals surface area contributed by atoms with E-state index in [9.17, 15) is 4.79 Å². The molecule has 1 aliphatic heterocycles. The van der Waals surface area contributed by atoms with Gasteiger partial charge >= 0.3 is 6.09 Å². The Balaban J connectivity index is 2.37. The normalized spacial score (nSPS) is 30.3. The summed E-state index contributed by atoms with van der Waals surface area (Å²) in [6, 6.07) is -0.113. The molecule has 3 N–H and O–H groups in total. The summed E-state index contributed by atoms with van der Waals surface area (Å²) in [5, 5.41) is 13.8. The fourth-order valence-corrected chi connectivity index (χ4v) is 1.20. The molecule has 0 aromatic rings. The first-order chi connectivity index (χ1) is 5.24. The number of ether oxygens (including phenoxy) is 1. The van der Waals surface area contributed by atoms with Crippen LogP contribution in [0.4, 0.5) is 4.79 Å². The van der Waals surface area contributed by atoms with Gasteiger partial charge in [-0.25, -0.2) is 4.79 Å². The molecule has 1 rings (SSSR count). The Hall–Kier alpha value is -0.810. The van der Waals surface area contributed by atoms with Gasteiger partial charge in [-0.2, -0.15) is 0 Å². The number of carboxylic acid groups (broad SMARTS) is 1. The molecule has 0 saturated carbocycles. The molecule has 0 unspecified atom stereocenters. The van der Waals surface area contributed by atoms with Crippen molar-refractivity contribution in [3.05, 3.63) is 0 Å². The van der Waals surface area contributed by atoms with Crippen molar-refractivity contribution in [2.75, 3.05) is 20.2 Å². The van der Waals surface area contributed by atoms with Crippen molar-refractivity contribution in [1.82, 2.24) is 10.6 Å². The van der Waals surface area contributed by atoms with Gasteiger partial charge in [-0.3, -0.25) is 0 Å². The molecule has 0 radical (unpaired) electrons. The van der Waals surface area contributed by atoms with Crippen LogP contribution in [0.3, 0.4) is 0 Å². The number of carbonyl (C=O) groups is 1. The molecule has 1 saturated heterocycles. The molecule has 0 aliphatic carbocycles. The molecule has 1 aliphatic rings. The van der Waals surface area contributed by atoms with Gasteiger partial charge in [0.25, 0.3) is 0 Å². The Morgan fingerprint density at radius 1 is 1.73 bits per heavy atom. The molecule has 0 bridgehead atoms. The molecule has 5 nitrogen and oxygen atoms in total. The van der Waals surface area contributed by atoms with Crippen LogP contribution in [0.2, 0.25) is 0 Å². The zero-order valence-electron chi connectivity index (χ0n) is 6.33. The molecule has 1 fully saturated rings. The second-order valence-electron chi connectivity index (χ2n) is 2.49. The van der Waals surface area contributed by atoms with Crippen molar-refractivity contribution in [1.29, 1.82) is 0 Å². The third-order valence-electron chi connectivity index (χ3n) is 1.77. The highest BCUT2D eigenvalue weighted by molar-refractivity contribution is 5.65. The van der Waals surface area contributed by atoms with E-state index in [0.717, 1.165) is 0 Å². The van der Waals surface area contributed by atoms with Gasteiger partial charge < -0.3 is 20.5 Å². The predicted molar refractivity (Wildman–Crippen MR) is 38.6 cm³/mol. The zero-order valence-corrected chi connectivity index (χ0v) is 6.33. The van der Waals surface area contributed by atoms with Crippen molar-refractivity contribution in [2.45, 2.75) is 12.1 Å². The van der Waals surface area contributed by atoms with E-state index in [-0.39, 0.29) is 12.1 Å². The topological polar surface area (TPSA) is 70.6 Å². The van der Waals surface area contributed by atoms with Crippen LogP contribution < -0.4 is 10.6 Å². The summed E-state index contributed by atoms with van der Waals surface area (Å²) in [6.07, 6.45) is -1.04. The fraction of sp³-hybridized carbons (Fsp3) is 0.833. The molecule has 2 atom stereocenters. The van der Waals surface area contributed by atoms with Crippen LogP contribution in [-0.4, -0.2) is 43.5 Å². The van der Waals surface area contributed by atoms with Crippen LogP contribution in [0.5, 0.6) is 0 Å². The molecule has 11 heavy (non-hydrogen) atoms. The Morgan fingerprint density at radius 2 is 2.45 bits per heavy atom. The van der Waals surface area contributed by atoms with Crippen LogP contribution in [0, 0.1) is 0 Å².